The number of nitrogens with zero attached hydrogens (tertiary/aromatic N) is 3. The number of para-hydroxylation sites is 1. The van der Waals surface area contributed by atoms with Gasteiger partial charge in [-0.1, -0.05) is 12.1 Å². The summed E-state index contributed by atoms with van der Waals surface area (Å²) in [5, 5.41) is 2.31. The summed E-state index contributed by atoms with van der Waals surface area (Å²) >= 11 is 0. The van der Waals surface area contributed by atoms with Gasteiger partial charge in [-0.25, -0.2) is 14.4 Å². The van der Waals surface area contributed by atoms with Gasteiger partial charge in [-0.2, -0.15) is 18.2 Å². The van der Waals surface area contributed by atoms with Crippen LogP contribution in [0.15, 0.2) is 41.7 Å². The van der Waals surface area contributed by atoms with E-state index in [9.17, 15) is 17.6 Å². The number of halogens is 4. The highest BCUT2D eigenvalue weighted by Gasteiger charge is 2.33. The van der Waals surface area contributed by atoms with Crippen LogP contribution in [0.3, 0.4) is 0 Å². The highest BCUT2D eigenvalue weighted by Crippen LogP contribution is 2.34. The maximum atomic E-state index is 12.8. The van der Waals surface area contributed by atoms with E-state index in [2.05, 4.69) is 20.3 Å². The first-order chi connectivity index (χ1) is 9.86. The third-order valence-electron chi connectivity index (χ3n) is 2.32. The molecule has 2 aromatic rings. The first-order valence-corrected chi connectivity index (χ1v) is 5.61. The van der Waals surface area contributed by atoms with Crippen LogP contribution in [0.5, 0.6) is 0 Å². The van der Waals surface area contributed by atoms with Crippen LogP contribution < -0.4 is 11.1 Å². The number of alkyl halides is 3. The van der Waals surface area contributed by atoms with Crippen molar-refractivity contribution < 1.29 is 17.6 Å². The fourth-order valence-electron chi connectivity index (χ4n) is 1.48. The highest BCUT2D eigenvalue weighted by atomic mass is 19.4. The summed E-state index contributed by atoms with van der Waals surface area (Å²) in [7, 11) is 0. The monoisotopic (exact) mass is 299 g/mol. The molecule has 0 bridgehead atoms. The van der Waals surface area contributed by atoms with E-state index in [0.717, 1.165) is 18.5 Å². The van der Waals surface area contributed by atoms with Crippen LogP contribution in [0.2, 0.25) is 0 Å². The van der Waals surface area contributed by atoms with Crippen molar-refractivity contribution >= 4 is 17.6 Å². The van der Waals surface area contributed by atoms with Crippen molar-refractivity contribution in [3.8, 4) is 0 Å². The molecule has 0 fully saturated rings. The Morgan fingerprint density at radius 1 is 1.14 bits per heavy atom. The molecule has 0 radical (unpaired) electrons. The van der Waals surface area contributed by atoms with Crippen LogP contribution >= 0.6 is 0 Å². The van der Waals surface area contributed by atoms with Crippen molar-refractivity contribution in [2.45, 2.75) is 6.18 Å². The Kier molecular flexibility index (Phi) is 4.01. The van der Waals surface area contributed by atoms with Gasteiger partial charge in [0.05, 0.1) is 23.6 Å². The quantitative estimate of drug-likeness (QED) is 0.508. The number of aromatic nitrogens is 2. The largest absolute Gasteiger partial charge is 0.418 e. The second-order valence-electron chi connectivity index (χ2n) is 3.87. The number of benzene rings is 1. The standard InChI is InChI=1S/C12H9F4N5/c13-7-5-18-11(19-6-7)21-10(17)20-9-4-2-1-3-8(9)12(14,15)16/h1-6H,(H3,17,18,19,20,21). The van der Waals surface area contributed by atoms with Gasteiger partial charge in [0.25, 0.3) is 5.95 Å². The summed E-state index contributed by atoms with van der Waals surface area (Å²) in [5.41, 5.74) is 4.34. The van der Waals surface area contributed by atoms with Gasteiger partial charge < -0.3 is 11.1 Å². The summed E-state index contributed by atoms with van der Waals surface area (Å²) in [6.45, 7) is 0. The first-order valence-electron chi connectivity index (χ1n) is 5.61. The molecule has 0 aliphatic heterocycles. The Morgan fingerprint density at radius 2 is 1.76 bits per heavy atom. The first kappa shape index (κ1) is 14.7. The molecule has 1 aromatic carbocycles. The van der Waals surface area contributed by atoms with Gasteiger partial charge in [0, 0.05) is 0 Å². The molecule has 110 valence electrons. The second-order valence-corrected chi connectivity index (χ2v) is 3.87. The van der Waals surface area contributed by atoms with Crippen molar-refractivity contribution in [3.63, 3.8) is 0 Å². The van der Waals surface area contributed by atoms with Crippen molar-refractivity contribution in [2.75, 3.05) is 5.32 Å². The van der Waals surface area contributed by atoms with Crippen molar-refractivity contribution in [3.05, 3.63) is 48.0 Å². The fourth-order valence-corrected chi connectivity index (χ4v) is 1.48. The normalized spacial score (nSPS) is 12.3. The maximum absolute atomic E-state index is 12.8. The molecule has 1 aromatic heterocycles. The van der Waals surface area contributed by atoms with Gasteiger partial charge in [0.15, 0.2) is 5.82 Å². The molecule has 0 atom stereocenters. The Bertz CT molecular complexity index is 651. The van der Waals surface area contributed by atoms with Crippen LogP contribution in [-0.2, 0) is 6.18 Å². The van der Waals surface area contributed by atoms with Gasteiger partial charge in [0.1, 0.15) is 0 Å². The number of hydrogen-bond acceptors (Lipinski definition) is 3. The molecule has 2 rings (SSSR count). The van der Waals surface area contributed by atoms with E-state index < -0.39 is 17.6 Å². The van der Waals surface area contributed by atoms with E-state index in [4.69, 9.17) is 5.73 Å². The SMILES string of the molecule is N/C(=N/c1ncc(F)cn1)Nc1ccccc1C(F)(F)F. The minimum absolute atomic E-state index is 0.175. The zero-order valence-electron chi connectivity index (χ0n) is 10.4. The summed E-state index contributed by atoms with van der Waals surface area (Å²) in [5.74, 6) is -1.19. The van der Waals surface area contributed by atoms with Crippen molar-refractivity contribution in [1.82, 2.24) is 9.97 Å². The zero-order valence-corrected chi connectivity index (χ0v) is 10.4. The van der Waals surface area contributed by atoms with E-state index in [0.29, 0.717) is 0 Å². The third-order valence-corrected chi connectivity index (χ3v) is 2.32. The van der Waals surface area contributed by atoms with Crippen LogP contribution in [0, 0.1) is 5.82 Å². The van der Waals surface area contributed by atoms with Crippen LogP contribution in [0.1, 0.15) is 5.56 Å². The second kappa shape index (κ2) is 5.73. The van der Waals surface area contributed by atoms with Gasteiger partial charge in [-0.05, 0) is 12.1 Å². The van der Waals surface area contributed by atoms with Crippen molar-refractivity contribution in [2.24, 2.45) is 10.7 Å². The van der Waals surface area contributed by atoms with E-state index >= 15 is 0 Å². The average molecular weight is 299 g/mol. The summed E-state index contributed by atoms with van der Waals surface area (Å²) in [6.07, 6.45) is -2.80. The Labute approximate surface area is 116 Å². The van der Waals surface area contributed by atoms with Gasteiger partial charge in [-0.15, -0.1) is 0 Å². The lowest BCUT2D eigenvalue weighted by atomic mass is 10.1. The molecule has 0 aliphatic rings. The van der Waals surface area contributed by atoms with E-state index in [1.165, 1.54) is 18.2 Å². The molecule has 0 aliphatic carbocycles. The molecule has 0 amide bonds. The van der Waals surface area contributed by atoms with Crippen molar-refractivity contribution in [1.29, 1.82) is 0 Å². The minimum Gasteiger partial charge on any atom is -0.369 e. The number of aliphatic imine (C=N–C) groups is 1. The highest BCUT2D eigenvalue weighted by molar-refractivity contribution is 5.94. The molecule has 0 spiro atoms. The number of nitrogens with one attached hydrogen (secondary N) is 1. The molecule has 0 saturated heterocycles. The Balaban J connectivity index is 2.24. The topological polar surface area (TPSA) is 76.2 Å². The number of rotatable bonds is 2. The lowest BCUT2D eigenvalue weighted by Crippen LogP contribution is -2.24. The smallest absolute Gasteiger partial charge is 0.369 e. The predicted molar refractivity (Wildman–Crippen MR) is 68.3 cm³/mol. The van der Waals surface area contributed by atoms with E-state index in [1.54, 1.807) is 0 Å². The molecule has 5 nitrogen and oxygen atoms in total. The molecule has 3 N–H and O–H groups in total. The molecular formula is C12H9F4N5. The maximum Gasteiger partial charge on any atom is 0.418 e. The number of anilines is 1. The molecule has 1 heterocycles. The number of nitrogens with two attached hydrogens (primary N) is 1. The molecule has 21 heavy (non-hydrogen) atoms. The number of hydrogen-bond donors (Lipinski definition) is 2. The molecule has 9 heteroatoms. The van der Waals surface area contributed by atoms with Gasteiger partial charge in [-0.3, -0.25) is 0 Å². The lowest BCUT2D eigenvalue weighted by molar-refractivity contribution is -0.136. The van der Waals surface area contributed by atoms with Crippen LogP contribution in [-0.4, -0.2) is 15.9 Å². The summed E-state index contributed by atoms with van der Waals surface area (Å²) in [4.78, 5) is 10.7. The van der Waals surface area contributed by atoms with Gasteiger partial charge >= 0.3 is 6.18 Å². The van der Waals surface area contributed by atoms with E-state index in [1.807, 2.05) is 0 Å². The van der Waals surface area contributed by atoms with Gasteiger partial charge in [0.2, 0.25) is 5.96 Å². The Morgan fingerprint density at radius 3 is 2.38 bits per heavy atom. The van der Waals surface area contributed by atoms with Crippen LogP contribution in [0.25, 0.3) is 0 Å². The van der Waals surface area contributed by atoms with E-state index in [-0.39, 0.29) is 17.6 Å². The molecular weight excluding hydrogens is 290 g/mol. The predicted octanol–water partition coefficient (Wildman–Crippen LogP) is 2.69. The minimum atomic E-state index is -4.53. The lowest BCUT2D eigenvalue weighted by Gasteiger charge is -2.13. The fraction of sp³-hybridized carbons (Fsp3) is 0.0833. The zero-order chi connectivity index (χ0) is 15.5. The average Bonchev–Trinajstić information content (AvgIpc) is 2.41. The number of guanidine groups is 1. The molecule has 0 unspecified atom stereocenters. The van der Waals surface area contributed by atoms with Crippen LogP contribution in [0.4, 0.5) is 29.2 Å². The Hall–Kier alpha value is -2.71. The summed E-state index contributed by atoms with van der Waals surface area (Å²) in [6, 6.07) is 4.78. The third kappa shape index (κ3) is 3.88. The molecule has 0 saturated carbocycles. The summed E-state index contributed by atoms with van der Waals surface area (Å²) < 4.78 is 51.0.